The zero-order valence-corrected chi connectivity index (χ0v) is 10.1. The van der Waals surface area contributed by atoms with E-state index in [4.69, 9.17) is 0 Å². The molecule has 1 unspecified atom stereocenters. The summed E-state index contributed by atoms with van der Waals surface area (Å²) in [5.41, 5.74) is 1.72. The summed E-state index contributed by atoms with van der Waals surface area (Å²) in [5, 5.41) is 0. The van der Waals surface area contributed by atoms with Crippen LogP contribution in [0.4, 0.5) is 13.2 Å². The van der Waals surface area contributed by atoms with Gasteiger partial charge < -0.3 is 4.90 Å². The topological polar surface area (TPSA) is 58.6 Å². The number of amides is 2. The summed E-state index contributed by atoms with van der Waals surface area (Å²) in [6, 6.07) is -0.0357. The highest BCUT2D eigenvalue weighted by molar-refractivity contribution is 5.88. The Morgan fingerprint density at radius 1 is 1.56 bits per heavy atom. The lowest BCUT2D eigenvalue weighted by molar-refractivity contribution is -0.192. The van der Waals surface area contributed by atoms with Gasteiger partial charge in [0.05, 0.1) is 5.92 Å². The quantitative estimate of drug-likeness (QED) is 0.769. The molecule has 1 aliphatic rings. The maximum atomic E-state index is 11.8. The van der Waals surface area contributed by atoms with Gasteiger partial charge in [0.1, 0.15) is 0 Å². The standard InChI is InChI=1S/C10H15F3N2O3/c1-6(2)15-4-7(3-8(15)16)9(17)14-18-5-10(11,12)13/h6-7H,3-5H2,1-2H3,(H,14,17). The van der Waals surface area contributed by atoms with E-state index in [1.54, 1.807) is 19.3 Å². The van der Waals surface area contributed by atoms with Crippen LogP contribution in [0.25, 0.3) is 0 Å². The molecule has 0 bridgehead atoms. The highest BCUT2D eigenvalue weighted by atomic mass is 19.4. The van der Waals surface area contributed by atoms with Gasteiger partial charge in [-0.25, -0.2) is 5.48 Å². The van der Waals surface area contributed by atoms with E-state index < -0.39 is 24.6 Å². The molecule has 18 heavy (non-hydrogen) atoms. The fourth-order valence-electron chi connectivity index (χ4n) is 1.68. The number of nitrogens with zero attached hydrogens (tertiary/aromatic N) is 1. The molecule has 0 radical (unpaired) electrons. The number of carbonyl (C=O) groups excluding carboxylic acids is 2. The number of hydroxylamine groups is 1. The van der Waals surface area contributed by atoms with Crippen molar-refractivity contribution in [2.75, 3.05) is 13.2 Å². The zero-order chi connectivity index (χ0) is 13.9. The Kier molecular flexibility index (Phi) is 4.55. The Hall–Kier alpha value is -1.31. The second-order valence-corrected chi connectivity index (χ2v) is 4.41. The molecule has 1 aliphatic heterocycles. The molecule has 8 heteroatoms. The van der Waals surface area contributed by atoms with Gasteiger partial charge in [0.2, 0.25) is 11.8 Å². The fraction of sp³-hybridized carbons (Fsp3) is 0.800. The van der Waals surface area contributed by atoms with Crippen LogP contribution in [-0.2, 0) is 14.4 Å². The van der Waals surface area contributed by atoms with Crippen molar-refractivity contribution in [3.8, 4) is 0 Å². The molecule has 1 atom stereocenters. The van der Waals surface area contributed by atoms with Gasteiger partial charge >= 0.3 is 6.18 Å². The van der Waals surface area contributed by atoms with Gasteiger partial charge in [-0.15, -0.1) is 0 Å². The Morgan fingerprint density at radius 3 is 2.61 bits per heavy atom. The molecule has 0 aromatic rings. The van der Waals surface area contributed by atoms with Crippen LogP contribution >= 0.6 is 0 Å². The third-order valence-electron chi connectivity index (χ3n) is 2.56. The van der Waals surface area contributed by atoms with Crippen LogP contribution in [0.3, 0.4) is 0 Å². The minimum atomic E-state index is -4.50. The molecule has 1 rings (SSSR count). The van der Waals surface area contributed by atoms with Crippen LogP contribution in [0.2, 0.25) is 0 Å². The van der Waals surface area contributed by atoms with Crippen molar-refractivity contribution in [2.45, 2.75) is 32.5 Å². The van der Waals surface area contributed by atoms with Gasteiger partial charge in [0, 0.05) is 19.0 Å². The van der Waals surface area contributed by atoms with Gasteiger partial charge in [-0.3, -0.25) is 14.4 Å². The Labute approximate surface area is 102 Å². The predicted molar refractivity (Wildman–Crippen MR) is 55.1 cm³/mol. The lowest BCUT2D eigenvalue weighted by atomic mass is 10.1. The number of nitrogens with one attached hydrogen (secondary N) is 1. The first-order valence-electron chi connectivity index (χ1n) is 5.48. The molecular weight excluding hydrogens is 253 g/mol. The molecule has 0 aromatic heterocycles. The smallest absolute Gasteiger partial charge is 0.339 e. The Balaban J connectivity index is 2.38. The van der Waals surface area contributed by atoms with Crippen LogP contribution in [0.5, 0.6) is 0 Å². The van der Waals surface area contributed by atoms with Crippen molar-refractivity contribution in [2.24, 2.45) is 5.92 Å². The molecule has 1 saturated heterocycles. The molecule has 1 fully saturated rings. The number of likely N-dealkylation sites (tertiary alicyclic amines) is 1. The van der Waals surface area contributed by atoms with E-state index in [0.29, 0.717) is 0 Å². The predicted octanol–water partition coefficient (Wildman–Crippen LogP) is 0.853. The highest BCUT2D eigenvalue weighted by Crippen LogP contribution is 2.20. The highest BCUT2D eigenvalue weighted by Gasteiger charge is 2.36. The third kappa shape index (κ3) is 4.17. The summed E-state index contributed by atoms with van der Waals surface area (Å²) in [5.74, 6) is -1.54. The maximum absolute atomic E-state index is 11.8. The van der Waals surface area contributed by atoms with Crippen LogP contribution in [0, 0.1) is 5.92 Å². The van der Waals surface area contributed by atoms with E-state index in [1.807, 2.05) is 0 Å². The summed E-state index contributed by atoms with van der Waals surface area (Å²) in [7, 11) is 0. The van der Waals surface area contributed by atoms with Gasteiger partial charge in [-0.1, -0.05) is 0 Å². The molecular formula is C10H15F3N2O3. The van der Waals surface area contributed by atoms with Crippen LogP contribution in [0.1, 0.15) is 20.3 Å². The largest absolute Gasteiger partial charge is 0.414 e. The van der Waals surface area contributed by atoms with Gasteiger partial charge in [0.15, 0.2) is 6.61 Å². The lowest BCUT2D eigenvalue weighted by Gasteiger charge is -2.20. The number of alkyl halides is 3. The minimum absolute atomic E-state index is 0.000604. The molecule has 104 valence electrons. The van der Waals surface area contributed by atoms with E-state index in [-0.39, 0.29) is 24.9 Å². The van der Waals surface area contributed by atoms with Crippen LogP contribution < -0.4 is 5.48 Å². The van der Waals surface area contributed by atoms with E-state index in [2.05, 4.69) is 4.84 Å². The molecule has 0 aliphatic carbocycles. The van der Waals surface area contributed by atoms with E-state index in [9.17, 15) is 22.8 Å². The number of halogens is 3. The van der Waals surface area contributed by atoms with Crippen molar-refractivity contribution in [1.29, 1.82) is 0 Å². The van der Waals surface area contributed by atoms with Crippen molar-refractivity contribution in [3.05, 3.63) is 0 Å². The fourth-order valence-corrected chi connectivity index (χ4v) is 1.68. The zero-order valence-electron chi connectivity index (χ0n) is 10.1. The molecule has 1 heterocycles. The number of hydrogen-bond donors (Lipinski definition) is 1. The summed E-state index contributed by atoms with van der Waals surface area (Å²) in [6.45, 7) is 2.27. The maximum Gasteiger partial charge on any atom is 0.414 e. The second kappa shape index (κ2) is 5.55. The van der Waals surface area contributed by atoms with Gasteiger partial charge in [0.25, 0.3) is 0 Å². The second-order valence-electron chi connectivity index (χ2n) is 4.41. The van der Waals surface area contributed by atoms with Crippen molar-refractivity contribution >= 4 is 11.8 Å². The third-order valence-corrected chi connectivity index (χ3v) is 2.56. The summed E-state index contributed by atoms with van der Waals surface area (Å²) in [6.07, 6.45) is -4.50. The van der Waals surface area contributed by atoms with E-state index >= 15 is 0 Å². The van der Waals surface area contributed by atoms with Crippen LogP contribution in [0.15, 0.2) is 0 Å². The monoisotopic (exact) mass is 268 g/mol. The molecule has 0 spiro atoms. The van der Waals surface area contributed by atoms with Crippen molar-refractivity contribution in [1.82, 2.24) is 10.4 Å². The first kappa shape index (κ1) is 14.7. The van der Waals surface area contributed by atoms with E-state index in [0.717, 1.165) is 0 Å². The normalized spacial score (nSPS) is 20.7. The number of hydrogen-bond acceptors (Lipinski definition) is 3. The lowest BCUT2D eigenvalue weighted by Crippen LogP contribution is -2.36. The average molecular weight is 268 g/mol. The summed E-state index contributed by atoms with van der Waals surface area (Å²) < 4.78 is 35.3. The van der Waals surface area contributed by atoms with E-state index in [1.165, 1.54) is 4.90 Å². The Morgan fingerprint density at radius 2 is 2.17 bits per heavy atom. The Bertz CT molecular complexity index is 331. The van der Waals surface area contributed by atoms with Crippen molar-refractivity contribution in [3.63, 3.8) is 0 Å². The van der Waals surface area contributed by atoms with Gasteiger partial charge in [-0.2, -0.15) is 13.2 Å². The average Bonchev–Trinajstić information content (AvgIpc) is 2.58. The first-order chi connectivity index (χ1) is 8.20. The molecule has 5 nitrogen and oxygen atoms in total. The molecule has 2 amide bonds. The first-order valence-corrected chi connectivity index (χ1v) is 5.48. The summed E-state index contributed by atoms with van der Waals surface area (Å²) in [4.78, 5) is 28.5. The molecule has 0 saturated carbocycles. The molecule has 0 aromatic carbocycles. The number of carbonyl (C=O) groups is 2. The van der Waals surface area contributed by atoms with Crippen LogP contribution in [-0.4, -0.2) is 42.1 Å². The van der Waals surface area contributed by atoms with Gasteiger partial charge in [-0.05, 0) is 13.8 Å². The summed E-state index contributed by atoms with van der Waals surface area (Å²) >= 11 is 0. The SMILES string of the molecule is CC(C)N1CC(C(=O)NOCC(F)(F)F)CC1=O. The molecule has 1 N–H and O–H groups in total. The van der Waals surface area contributed by atoms with Crippen molar-refractivity contribution < 1.29 is 27.6 Å². The minimum Gasteiger partial charge on any atom is -0.339 e. The number of rotatable bonds is 4.